The van der Waals surface area contributed by atoms with Crippen molar-refractivity contribution < 1.29 is 91.7 Å². The number of ether oxygens (including phenoxy) is 6. The molecule has 4 atom stereocenters. The van der Waals surface area contributed by atoms with Gasteiger partial charge in [-0.1, -0.05) is 45.4 Å². The van der Waals surface area contributed by atoms with Crippen molar-refractivity contribution >= 4 is 58.7 Å². The molecule has 0 saturated heterocycles. The number of hydrogen-bond acceptors (Lipinski definition) is 19. The molecule has 0 radical (unpaired) electrons. The van der Waals surface area contributed by atoms with E-state index in [2.05, 4.69) is 36.6 Å². The van der Waals surface area contributed by atoms with E-state index in [0.717, 1.165) is 44.9 Å². The number of H-pyrrole nitrogens is 1. The molecule has 0 unspecified atom stereocenters. The van der Waals surface area contributed by atoms with Crippen molar-refractivity contribution in [1.82, 2.24) is 36.6 Å². The Hall–Kier alpha value is -6.55. The number of carbonyl (C=O) groups is 10. The van der Waals surface area contributed by atoms with Gasteiger partial charge in [0.15, 0.2) is 5.78 Å². The Morgan fingerprint density at radius 2 is 1.15 bits per heavy atom. The molecule has 0 aliphatic carbocycles. The van der Waals surface area contributed by atoms with Gasteiger partial charge in [0, 0.05) is 82.8 Å². The van der Waals surface area contributed by atoms with E-state index >= 15 is 0 Å². The molecule has 1 heterocycles. The zero-order valence-electron chi connectivity index (χ0n) is 51.1. The lowest BCUT2D eigenvalue weighted by molar-refractivity contribution is -0.142. The summed E-state index contributed by atoms with van der Waals surface area (Å²) < 4.78 is 32.6. The summed E-state index contributed by atoms with van der Waals surface area (Å²) in [5.41, 5.74) is 0.786. The molecule has 0 saturated carbocycles. The smallest absolute Gasteiger partial charge is 0.335 e. The number of aromatic amines is 1. The second kappa shape index (κ2) is 49.4. The monoisotopic (exact) mass is 1230 g/mol. The zero-order chi connectivity index (χ0) is 63.7. The number of hydrogen-bond donors (Lipinski definition) is 9. The number of aromatic nitrogens is 2. The number of benzene rings is 1. The van der Waals surface area contributed by atoms with Crippen LogP contribution in [0.4, 0.5) is 0 Å². The molecule has 2 aromatic rings. The van der Waals surface area contributed by atoms with Gasteiger partial charge in [-0.05, 0) is 95.4 Å². The minimum atomic E-state index is -1.32. The van der Waals surface area contributed by atoms with Crippen molar-refractivity contribution in [3.05, 3.63) is 48.0 Å². The molecule has 490 valence electrons. The number of rotatable bonds is 58. The molecule has 9 N–H and O–H groups in total. The topological polar surface area (TPSA) is 376 Å². The second-order valence-electron chi connectivity index (χ2n) is 21.1. The van der Waals surface area contributed by atoms with Crippen molar-refractivity contribution in [2.24, 2.45) is 5.92 Å². The SMILES string of the molecule is CCCOCC(=O)NCCCC[C@H](CC(=O)[C@H](CCCCNC(=O)COCCOCCNC(=O)COCCOCCCC(=O)CC[C@H](NC(=O)CCCCCCCCCOc1ccc(C(=O)O)cc1)C(=O)O)NCC(=O)[C@@H](O)Cc1cnc[nH]1)C(C)=O. The van der Waals surface area contributed by atoms with Crippen LogP contribution in [0, 0.1) is 5.92 Å². The van der Waals surface area contributed by atoms with E-state index in [1.54, 1.807) is 12.1 Å². The number of aliphatic carboxylic acids is 1. The quantitative estimate of drug-likeness (QED) is 0.0425. The number of nitrogens with one attached hydrogen (secondary N) is 6. The first kappa shape index (κ1) is 76.5. The Morgan fingerprint density at radius 3 is 1.75 bits per heavy atom. The number of carbonyl (C=O) groups excluding carboxylic acids is 8. The molecule has 0 bridgehead atoms. The van der Waals surface area contributed by atoms with Gasteiger partial charge in [-0.2, -0.15) is 0 Å². The van der Waals surface area contributed by atoms with Crippen LogP contribution in [-0.2, 0) is 73.3 Å². The number of amides is 4. The fourth-order valence-electron chi connectivity index (χ4n) is 8.69. The third kappa shape index (κ3) is 40.5. The Kier molecular flexibility index (Phi) is 43.5. The van der Waals surface area contributed by atoms with Crippen LogP contribution in [0.5, 0.6) is 5.75 Å². The summed E-state index contributed by atoms with van der Waals surface area (Å²) in [4.78, 5) is 130. The molecule has 0 spiro atoms. The van der Waals surface area contributed by atoms with E-state index in [1.165, 1.54) is 31.6 Å². The van der Waals surface area contributed by atoms with Crippen LogP contribution in [0.3, 0.4) is 0 Å². The fraction of sp³-hybridized carbons (Fsp3) is 0.689. The summed E-state index contributed by atoms with van der Waals surface area (Å²) in [6.07, 6.45) is 12.5. The van der Waals surface area contributed by atoms with E-state index in [4.69, 9.17) is 33.5 Å². The van der Waals surface area contributed by atoms with Gasteiger partial charge in [-0.3, -0.25) is 38.4 Å². The number of aliphatic hydroxyl groups excluding tert-OH is 1. The third-order valence-corrected chi connectivity index (χ3v) is 13.7. The predicted octanol–water partition coefficient (Wildman–Crippen LogP) is 3.78. The van der Waals surface area contributed by atoms with E-state index in [9.17, 15) is 58.2 Å². The number of Topliss-reactive ketones (excluding diaryl/α,β-unsaturated/α-hetero) is 4. The van der Waals surface area contributed by atoms with Gasteiger partial charge in [0.05, 0.1) is 64.1 Å². The normalized spacial score (nSPS) is 12.5. The van der Waals surface area contributed by atoms with Gasteiger partial charge < -0.3 is 75.3 Å². The van der Waals surface area contributed by atoms with Crippen molar-refractivity contribution in [1.29, 1.82) is 0 Å². The highest BCUT2D eigenvalue weighted by molar-refractivity contribution is 5.91. The highest BCUT2D eigenvalue weighted by Crippen LogP contribution is 2.18. The van der Waals surface area contributed by atoms with Gasteiger partial charge >= 0.3 is 11.9 Å². The van der Waals surface area contributed by atoms with E-state index < -0.39 is 41.8 Å². The summed E-state index contributed by atoms with van der Waals surface area (Å²) in [7, 11) is 0. The van der Waals surface area contributed by atoms with Gasteiger partial charge in [-0.15, -0.1) is 0 Å². The maximum atomic E-state index is 13.6. The number of nitrogens with zero attached hydrogens (tertiary/aromatic N) is 1. The zero-order valence-corrected chi connectivity index (χ0v) is 51.1. The van der Waals surface area contributed by atoms with Crippen LogP contribution >= 0.6 is 0 Å². The molecule has 26 nitrogen and oxygen atoms in total. The van der Waals surface area contributed by atoms with Crippen molar-refractivity contribution in [2.75, 3.05) is 98.9 Å². The Labute approximate surface area is 510 Å². The summed E-state index contributed by atoms with van der Waals surface area (Å²) in [6, 6.07) is 4.35. The van der Waals surface area contributed by atoms with Crippen LogP contribution in [0.25, 0.3) is 0 Å². The molecule has 4 amide bonds. The Bertz CT molecular complexity index is 2290. The van der Waals surface area contributed by atoms with Crippen molar-refractivity contribution in [3.63, 3.8) is 0 Å². The van der Waals surface area contributed by atoms with Crippen LogP contribution < -0.4 is 31.3 Å². The Morgan fingerprint density at radius 1 is 0.563 bits per heavy atom. The maximum Gasteiger partial charge on any atom is 0.335 e. The molecular weight excluding hydrogens is 1130 g/mol. The average Bonchev–Trinajstić information content (AvgIpc) is 4.09. The molecule has 0 aliphatic rings. The highest BCUT2D eigenvalue weighted by Gasteiger charge is 2.27. The first-order chi connectivity index (χ1) is 42.0. The van der Waals surface area contributed by atoms with Gasteiger partial charge in [-0.25, -0.2) is 14.6 Å². The standard InChI is InChI=1S/C61H97N7O19/c1-3-29-84-41-57(75)63-26-12-10-16-47(45(2)69)37-53(71)51(66-40-55(73)54(72)38-48-39-62-44-67-48)18-11-13-27-64-58(76)42-86-36-34-83-32-28-65-59(77)43-85-35-33-82-30-15-17-49(70)22-25-52(61(80)81)68-56(74)19-9-7-5-4-6-8-14-31-87-50-23-20-46(21-24-50)60(78)79/h20-21,23-24,39,44,47,51-52,54,66,72H,3-19,22,25-38,40-43H2,1-2H3,(H,62,67)(H,63,75)(H,64,76)(H,65,77)(H,68,74)(H,78,79)(H,80,81)/t47-,51+,52+,54+/m1/s1. The number of carboxylic acid groups (broad SMARTS) is 2. The lowest BCUT2D eigenvalue weighted by Crippen LogP contribution is -2.43. The third-order valence-electron chi connectivity index (χ3n) is 13.7. The highest BCUT2D eigenvalue weighted by atomic mass is 16.5. The predicted molar refractivity (Wildman–Crippen MR) is 319 cm³/mol. The van der Waals surface area contributed by atoms with Crippen LogP contribution in [0.1, 0.15) is 158 Å². The molecular formula is C61H97N7O19. The minimum Gasteiger partial charge on any atom is -0.494 e. The lowest BCUT2D eigenvalue weighted by Gasteiger charge is -2.21. The lowest BCUT2D eigenvalue weighted by atomic mass is 9.89. The van der Waals surface area contributed by atoms with Gasteiger partial charge in [0.1, 0.15) is 55.1 Å². The van der Waals surface area contributed by atoms with Gasteiger partial charge in [0.2, 0.25) is 23.6 Å². The summed E-state index contributed by atoms with van der Waals surface area (Å²) in [6.45, 7) is 5.76. The fourth-order valence-corrected chi connectivity index (χ4v) is 8.69. The summed E-state index contributed by atoms with van der Waals surface area (Å²) in [5.74, 6) is -4.41. The van der Waals surface area contributed by atoms with Crippen molar-refractivity contribution in [2.45, 2.75) is 167 Å². The number of aromatic carboxylic acids is 1. The molecule has 0 fully saturated rings. The van der Waals surface area contributed by atoms with E-state index in [1.807, 2.05) is 6.92 Å². The Balaban J connectivity index is 1.48. The second-order valence-corrected chi connectivity index (χ2v) is 21.1. The number of unbranched alkanes of at least 4 members (excludes halogenated alkanes) is 8. The van der Waals surface area contributed by atoms with E-state index in [0.29, 0.717) is 89.1 Å². The summed E-state index contributed by atoms with van der Waals surface area (Å²) >= 11 is 0. The molecule has 1 aromatic carbocycles. The molecule has 0 aliphatic heterocycles. The van der Waals surface area contributed by atoms with Gasteiger partial charge in [0.25, 0.3) is 0 Å². The number of imidazole rings is 1. The largest absolute Gasteiger partial charge is 0.494 e. The average molecular weight is 1230 g/mol. The first-order valence-corrected chi connectivity index (χ1v) is 30.6. The van der Waals surface area contributed by atoms with Crippen molar-refractivity contribution in [3.8, 4) is 5.75 Å². The molecule has 87 heavy (non-hydrogen) atoms. The minimum absolute atomic E-state index is 0.00106. The van der Waals surface area contributed by atoms with Crippen LogP contribution in [0.2, 0.25) is 0 Å². The summed E-state index contributed by atoms with van der Waals surface area (Å²) in [5, 5.41) is 42.8. The van der Waals surface area contributed by atoms with E-state index in [-0.39, 0.29) is 158 Å². The first-order valence-electron chi connectivity index (χ1n) is 30.6. The number of ketones is 4. The van der Waals surface area contributed by atoms with Crippen LogP contribution in [0.15, 0.2) is 36.8 Å². The molecule has 26 heteroatoms. The number of aliphatic hydroxyl groups is 1. The number of carboxylic acids is 2. The van der Waals surface area contributed by atoms with Crippen LogP contribution in [-0.4, -0.2) is 201 Å². The molecule has 2 rings (SSSR count). The maximum absolute atomic E-state index is 13.6. The molecule has 1 aromatic heterocycles.